The molecule has 0 spiro atoms. The van der Waals surface area contributed by atoms with E-state index in [0.29, 0.717) is 0 Å². The molecule has 0 heterocycles. The summed E-state index contributed by atoms with van der Waals surface area (Å²) >= 11 is 2.63. The molecular formula is C7H3BrClF2NO5S. The van der Waals surface area contributed by atoms with E-state index in [1.807, 2.05) is 0 Å². The van der Waals surface area contributed by atoms with Crippen LogP contribution in [0.1, 0.15) is 0 Å². The molecule has 0 fully saturated rings. The van der Waals surface area contributed by atoms with Gasteiger partial charge in [-0.15, -0.1) is 0 Å². The van der Waals surface area contributed by atoms with E-state index >= 15 is 0 Å². The topological polar surface area (TPSA) is 86.5 Å². The molecule has 0 bridgehead atoms. The van der Waals surface area contributed by atoms with E-state index in [9.17, 15) is 27.3 Å². The Morgan fingerprint density at radius 1 is 1.44 bits per heavy atom. The molecule has 18 heavy (non-hydrogen) atoms. The zero-order chi connectivity index (χ0) is 14.1. The molecule has 100 valence electrons. The summed E-state index contributed by atoms with van der Waals surface area (Å²) < 4.78 is 49.6. The van der Waals surface area contributed by atoms with Crippen molar-refractivity contribution in [1.82, 2.24) is 0 Å². The number of nitro groups is 1. The van der Waals surface area contributed by atoms with Crippen molar-refractivity contribution in [3.05, 3.63) is 26.7 Å². The van der Waals surface area contributed by atoms with Gasteiger partial charge in [0.25, 0.3) is 9.05 Å². The van der Waals surface area contributed by atoms with E-state index in [1.165, 1.54) is 0 Å². The minimum absolute atomic E-state index is 0.555. The molecule has 1 rings (SSSR count). The van der Waals surface area contributed by atoms with Crippen LogP contribution >= 0.6 is 26.6 Å². The lowest BCUT2D eigenvalue weighted by atomic mass is 10.3. The third-order valence-electron chi connectivity index (χ3n) is 1.71. The van der Waals surface area contributed by atoms with Crippen molar-refractivity contribution in [2.45, 2.75) is 11.5 Å². The van der Waals surface area contributed by atoms with Crippen molar-refractivity contribution < 1.29 is 26.9 Å². The molecule has 1 aromatic carbocycles. The molecule has 0 N–H and O–H groups in total. The number of halogens is 4. The lowest BCUT2D eigenvalue weighted by Crippen LogP contribution is -2.06. The number of benzene rings is 1. The third kappa shape index (κ3) is 3.27. The fourth-order valence-electron chi connectivity index (χ4n) is 1.08. The molecule has 0 aromatic heterocycles. The molecule has 0 unspecified atom stereocenters. The zero-order valence-corrected chi connectivity index (χ0v) is 11.3. The van der Waals surface area contributed by atoms with Gasteiger partial charge in [-0.2, -0.15) is 8.78 Å². The first-order chi connectivity index (χ1) is 8.14. The predicted octanol–water partition coefficient (Wildman–Crippen LogP) is 2.89. The van der Waals surface area contributed by atoms with E-state index in [0.717, 1.165) is 12.1 Å². The van der Waals surface area contributed by atoms with Crippen molar-refractivity contribution in [3.63, 3.8) is 0 Å². The normalized spacial score (nSPS) is 11.6. The van der Waals surface area contributed by atoms with Crippen molar-refractivity contribution in [1.29, 1.82) is 0 Å². The Hall–Kier alpha value is -1.000. The highest BCUT2D eigenvalue weighted by Gasteiger charge is 2.29. The van der Waals surface area contributed by atoms with Crippen LogP contribution in [0.25, 0.3) is 0 Å². The molecule has 11 heteroatoms. The summed E-state index contributed by atoms with van der Waals surface area (Å²) in [4.78, 5) is 9.04. The molecular weight excluding hydrogens is 363 g/mol. The second-order valence-electron chi connectivity index (χ2n) is 2.80. The number of nitrogens with zero attached hydrogens (tertiary/aromatic N) is 1. The highest BCUT2D eigenvalue weighted by atomic mass is 79.9. The van der Waals surface area contributed by atoms with Crippen LogP contribution in [0.3, 0.4) is 0 Å². The van der Waals surface area contributed by atoms with E-state index in [1.54, 1.807) is 0 Å². The van der Waals surface area contributed by atoms with Gasteiger partial charge in [0.15, 0.2) is 0 Å². The Morgan fingerprint density at radius 2 is 2.00 bits per heavy atom. The Labute approximate surface area is 112 Å². The Kier molecular flexibility index (Phi) is 4.46. The average molecular weight is 367 g/mol. The standard InChI is InChI=1S/C7H3BrClF2NO5S/c8-5-4(18(9,15)16)2-1-3(17-7(10)11)6(5)12(13)14/h1-2,7H. The average Bonchev–Trinajstić information content (AvgIpc) is 2.13. The monoisotopic (exact) mass is 365 g/mol. The molecule has 0 atom stereocenters. The van der Waals surface area contributed by atoms with Crippen LogP contribution < -0.4 is 4.74 Å². The van der Waals surface area contributed by atoms with Crippen LogP contribution in [0, 0.1) is 10.1 Å². The molecule has 6 nitrogen and oxygen atoms in total. The molecule has 0 aliphatic rings. The summed E-state index contributed by atoms with van der Waals surface area (Å²) in [6.45, 7) is -3.28. The van der Waals surface area contributed by atoms with Crippen molar-refractivity contribution in [3.8, 4) is 5.75 Å². The van der Waals surface area contributed by atoms with Gasteiger partial charge >= 0.3 is 12.3 Å². The van der Waals surface area contributed by atoms with E-state index in [2.05, 4.69) is 20.7 Å². The fraction of sp³-hybridized carbons (Fsp3) is 0.143. The van der Waals surface area contributed by atoms with E-state index in [4.69, 9.17) is 10.7 Å². The summed E-state index contributed by atoms with van der Waals surface area (Å²) in [5.41, 5.74) is -0.947. The molecule has 0 amide bonds. The number of alkyl halides is 2. The van der Waals surface area contributed by atoms with Gasteiger partial charge < -0.3 is 4.74 Å². The van der Waals surface area contributed by atoms with Gasteiger partial charge in [0.2, 0.25) is 5.75 Å². The van der Waals surface area contributed by atoms with Crippen LogP contribution in [0.5, 0.6) is 5.75 Å². The van der Waals surface area contributed by atoms with Crippen LogP contribution in [-0.2, 0) is 9.05 Å². The number of hydrogen-bond donors (Lipinski definition) is 0. The number of rotatable bonds is 4. The van der Waals surface area contributed by atoms with Gasteiger partial charge in [-0.25, -0.2) is 8.42 Å². The maximum atomic E-state index is 12.0. The first-order valence-corrected chi connectivity index (χ1v) is 7.11. The molecule has 0 saturated carbocycles. The molecule has 0 radical (unpaired) electrons. The van der Waals surface area contributed by atoms with Crippen LogP contribution in [0.15, 0.2) is 21.5 Å². The first-order valence-electron chi connectivity index (χ1n) is 4.01. The zero-order valence-electron chi connectivity index (χ0n) is 8.14. The highest BCUT2D eigenvalue weighted by molar-refractivity contribution is 9.10. The van der Waals surface area contributed by atoms with Crippen molar-refractivity contribution >= 4 is 41.4 Å². The van der Waals surface area contributed by atoms with Crippen LogP contribution in [-0.4, -0.2) is 20.0 Å². The quantitative estimate of drug-likeness (QED) is 0.464. The van der Waals surface area contributed by atoms with Gasteiger partial charge in [-0.05, 0) is 28.1 Å². The number of ether oxygens (including phenoxy) is 1. The van der Waals surface area contributed by atoms with Crippen LogP contribution in [0.2, 0.25) is 0 Å². The smallest absolute Gasteiger partial charge is 0.387 e. The second-order valence-corrected chi connectivity index (χ2v) is 6.13. The maximum Gasteiger partial charge on any atom is 0.387 e. The first kappa shape index (κ1) is 15.1. The second kappa shape index (κ2) is 5.33. The van der Waals surface area contributed by atoms with Crippen molar-refractivity contribution in [2.75, 3.05) is 0 Å². The van der Waals surface area contributed by atoms with Crippen LogP contribution in [0.4, 0.5) is 14.5 Å². The largest absolute Gasteiger partial charge is 0.427 e. The van der Waals surface area contributed by atoms with Gasteiger partial charge in [0.1, 0.15) is 9.37 Å². The summed E-state index contributed by atoms with van der Waals surface area (Å²) in [5.74, 6) is -0.772. The summed E-state index contributed by atoms with van der Waals surface area (Å²) in [7, 11) is 0.772. The summed E-state index contributed by atoms with van der Waals surface area (Å²) in [6, 6.07) is 1.54. The van der Waals surface area contributed by atoms with Crippen molar-refractivity contribution in [2.24, 2.45) is 0 Å². The minimum Gasteiger partial charge on any atom is -0.427 e. The lowest BCUT2D eigenvalue weighted by molar-refractivity contribution is -0.387. The van der Waals surface area contributed by atoms with E-state index < -0.39 is 41.4 Å². The Morgan fingerprint density at radius 3 is 2.39 bits per heavy atom. The Balaban J connectivity index is 3.53. The van der Waals surface area contributed by atoms with E-state index in [-0.39, 0.29) is 0 Å². The number of hydrogen-bond acceptors (Lipinski definition) is 5. The maximum absolute atomic E-state index is 12.0. The highest BCUT2D eigenvalue weighted by Crippen LogP contribution is 2.40. The number of nitro benzene ring substituents is 1. The molecule has 0 aliphatic heterocycles. The SMILES string of the molecule is O=[N+]([O-])c1c(OC(F)F)ccc(S(=O)(=O)Cl)c1Br. The summed E-state index contributed by atoms with van der Waals surface area (Å²) in [5, 5.41) is 10.7. The Bertz CT molecular complexity index is 594. The third-order valence-corrected chi connectivity index (χ3v) is 4.13. The lowest BCUT2D eigenvalue weighted by Gasteiger charge is -2.08. The van der Waals surface area contributed by atoms with Gasteiger partial charge in [-0.3, -0.25) is 10.1 Å². The fourth-order valence-corrected chi connectivity index (χ4v) is 3.40. The predicted molar refractivity (Wildman–Crippen MR) is 60.5 cm³/mol. The van der Waals surface area contributed by atoms with Gasteiger partial charge in [0, 0.05) is 10.7 Å². The van der Waals surface area contributed by atoms with Gasteiger partial charge in [-0.1, -0.05) is 0 Å². The molecule has 0 aliphatic carbocycles. The molecule has 0 saturated heterocycles. The molecule has 1 aromatic rings. The summed E-state index contributed by atoms with van der Waals surface area (Å²) in [6.07, 6.45) is 0. The minimum atomic E-state index is -4.26. The van der Waals surface area contributed by atoms with Gasteiger partial charge in [0.05, 0.1) is 4.92 Å².